The van der Waals surface area contributed by atoms with Crippen molar-refractivity contribution in [2.75, 3.05) is 19.6 Å². The summed E-state index contributed by atoms with van der Waals surface area (Å²) in [5.41, 5.74) is 2.97. The minimum absolute atomic E-state index is 0.482. The first kappa shape index (κ1) is 16.8. The number of aromatic amines is 1. The first-order chi connectivity index (χ1) is 10.7. The van der Waals surface area contributed by atoms with Crippen LogP contribution in [0.15, 0.2) is 11.2 Å². The maximum atomic E-state index is 4.81. The predicted molar refractivity (Wildman–Crippen MR) is 92.2 cm³/mol. The van der Waals surface area contributed by atoms with E-state index in [2.05, 4.69) is 41.6 Å². The summed E-state index contributed by atoms with van der Waals surface area (Å²) >= 11 is 0. The third-order valence-electron chi connectivity index (χ3n) is 4.93. The molecule has 2 rings (SSSR count). The number of aliphatic imine (C=N–C) groups is 1. The fraction of sp³-hybridized carbons (Fsp3) is 0.765. The van der Waals surface area contributed by atoms with Crippen LogP contribution in [0.5, 0.6) is 0 Å². The van der Waals surface area contributed by atoms with Crippen molar-refractivity contribution in [1.82, 2.24) is 20.8 Å². The van der Waals surface area contributed by atoms with E-state index in [1.807, 2.05) is 6.20 Å². The quantitative estimate of drug-likeness (QED) is 0.393. The molecule has 1 saturated carbocycles. The fourth-order valence-electron chi connectivity index (χ4n) is 3.00. The predicted octanol–water partition coefficient (Wildman–Crippen LogP) is 2.79. The maximum absolute atomic E-state index is 4.81. The average Bonchev–Trinajstić information content (AvgIpc) is 2.88. The van der Waals surface area contributed by atoms with Gasteiger partial charge in [-0.25, -0.2) is 0 Å². The van der Waals surface area contributed by atoms with E-state index in [1.54, 1.807) is 0 Å². The summed E-state index contributed by atoms with van der Waals surface area (Å²) in [6.07, 6.45) is 9.36. The molecule has 1 aliphatic carbocycles. The largest absolute Gasteiger partial charge is 0.357 e. The van der Waals surface area contributed by atoms with E-state index in [0.717, 1.165) is 38.4 Å². The zero-order chi connectivity index (χ0) is 15.8. The zero-order valence-corrected chi connectivity index (χ0v) is 14.3. The van der Waals surface area contributed by atoms with Gasteiger partial charge in [0, 0.05) is 25.3 Å². The molecule has 124 valence electrons. The summed E-state index contributed by atoms with van der Waals surface area (Å²) in [7, 11) is 0. The van der Waals surface area contributed by atoms with Crippen LogP contribution in [0.4, 0.5) is 0 Å². The second-order valence-corrected chi connectivity index (χ2v) is 6.45. The lowest BCUT2D eigenvalue weighted by Crippen LogP contribution is -2.40. The molecule has 0 saturated heterocycles. The first-order valence-electron chi connectivity index (χ1n) is 8.70. The SMILES string of the molecule is CCNC(=NCC1(CC)CCC1)NCCCc1cn[nH]c1C. The van der Waals surface area contributed by atoms with Gasteiger partial charge < -0.3 is 10.6 Å². The van der Waals surface area contributed by atoms with Crippen LogP contribution in [0.3, 0.4) is 0 Å². The Morgan fingerprint density at radius 2 is 2.18 bits per heavy atom. The third-order valence-corrected chi connectivity index (χ3v) is 4.93. The van der Waals surface area contributed by atoms with E-state index in [9.17, 15) is 0 Å². The molecule has 0 atom stereocenters. The van der Waals surface area contributed by atoms with E-state index < -0.39 is 0 Å². The molecule has 0 aromatic carbocycles. The third kappa shape index (κ3) is 4.49. The maximum Gasteiger partial charge on any atom is 0.191 e. The van der Waals surface area contributed by atoms with Crippen molar-refractivity contribution in [3.05, 3.63) is 17.5 Å². The van der Waals surface area contributed by atoms with E-state index >= 15 is 0 Å². The number of aryl methyl sites for hydroxylation is 2. The van der Waals surface area contributed by atoms with Gasteiger partial charge >= 0.3 is 0 Å². The van der Waals surface area contributed by atoms with Gasteiger partial charge in [-0.2, -0.15) is 5.10 Å². The molecule has 1 aromatic rings. The van der Waals surface area contributed by atoms with Gasteiger partial charge in [-0.3, -0.25) is 10.1 Å². The summed E-state index contributed by atoms with van der Waals surface area (Å²) in [6, 6.07) is 0. The highest BCUT2D eigenvalue weighted by Gasteiger charge is 2.34. The van der Waals surface area contributed by atoms with E-state index in [4.69, 9.17) is 4.99 Å². The number of rotatable bonds is 8. The summed E-state index contributed by atoms with van der Waals surface area (Å²) in [5, 5.41) is 13.9. The van der Waals surface area contributed by atoms with Gasteiger partial charge in [-0.1, -0.05) is 13.3 Å². The van der Waals surface area contributed by atoms with Crippen LogP contribution >= 0.6 is 0 Å². The molecule has 1 heterocycles. The standard InChI is InChI=1S/C17H31N5/c1-4-17(9-7-10-17)13-20-16(18-5-2)19-11-6-8-15-12-21-22-14(15)3/h12H,4-11,13H2,1-3H3,(H,21,22)(H2,18,19,20). The normalized spacial score (nSPS) is 17.1. The molecule has 5 nitrogen and oxygen atoms in total. The number of nitrogens with zero attached hydrogens (tertiary/aromatic N) is 2. The molecule has 1 aliphatic rings. The number of nitrogens with one attached hydrogen (secondary N) is 3. The Balaban J connectivity index is 1.75. The molecule has 0 spiro atoms. The molecule has 0 bridgehead atoms. The summed E-state index contributed by atoms with van der Waals surface area (Å²) < 4.78 is 0. The Kier molecular flexibility index (Phi) is 6.28. The number of hydrogen-bond acceptors (Lipinski definition) is 2. The van der Waals surface area contributed by atoms with Gasteiger partial charge in [-0.15, -0.1) is 0 Å². The van der Waals surface area contributed by atoms with Gasteiger partial charge in [-0.05, 0) is 56.9 Å². The molecular weight excluding hydrogens is 274 g/mol. The van der Waals surface area contributed by atoms with Crippen molar-refractivity contribution < 1.29 is 0 Å². The molecule has 22 heavy (non-hydrogen) atoms. The van der Waals surface area contributed by atoms with E-state index in [0.29, 0.717) is 5.41 Å². The topological polar surface area (TPSA) is 65.1 Å². The Bertz CT molecular complexity index is 468. The smallest absolute Gasteiger partial charge is 0.191 e. The lowest BCUT2D eigenvalue weighted by molar-refractivity contribution is 0.139. The van der Waals surface area contributed by atoms with Gasteiger partial charge in [0.1, 0.15) is 0 Å². The lowest BCUT2D eigenvalue weighted by Gasteiger charge is -2.40. The fourth-order valence-corrected chi connectivity index (χ4v) is 3.00. The van der Waals surface area contributed by atoms with Crippen LogP contribution in [0.1, 0.15) is 57.2 Å². The second kappa shape index (κ2) is 8.20. The van der Waals surface area contributed by atoms with Gasteiger partial charge in [0.15, 0.2) is 5.96 Å². The van der Waals surface area contributed by atoms with Crippen molar-refractivity contribution >= 4 is 5.96 Å². The minimum Gasteiger partial charge on any atom is -0.357 e. The molecular formula is C17H31N5. The van der Waals surface area contributed by atoms with Crippen LogP contribution in [0, 0.1) is 12.3 Å². The Labute approximate surface area is 134 Å². The molecule has 0 amide bonds. The Hall–Kier alpha value is -1.52. The number of hydrogen-bond donors (Lipinski definition) is 3. The van der Waals surface area contributed by atoms with Gasteiger partial charge in [0.2, 0.25) is 0 Å². The van der Waals surface area contributed by atoms with E-state index in [-0.39, 0.29) is 0 Å². The highest BCUT2D eigenvalue weighted by molar-refractivity contribution is 5.79. The van der Waals surface area contributed by atoms with Crippen LogP contribution in [-0.2, 0) is 6.42 Å². The lowest BCUT2D eigenvalue weighted by atomic mass is 9.67. The molecule has 1 fully saturated rings. The molecule has 0 radical (unpaired) electrons. The van der Waals surface area contributed by atoms with Crippen LogP contribution in [0.25, 0.3) is 0 Å². The Morgan fingerprint density at radius 3 is 2.73 bits per heavy atom. The average molecular weight is 305 g/mol. The van der Waals surface area contributed by atoms with Gasteiger partial charge in [0.25, 0.3) is 0 Å². The molecule has 1 aromatic heterocycles. The highest BCUT2D eigenvalue weighted by Crippen LogP contribution is 2.43. The molecule has 0 aliphatic heterocycles. The molecule has 5 heteroatoms. The number of aromatic nitrogens is 2. The van der Waals surface area contributed by atoms with Crippen molar-refractivity contribution in [1.29, 1.82) is 0 Å². The van der Waals surface area contributed by atoms with Crippen molar-refractivity contribution in [2.45, 2.75) is 59.3 Å². The summed E-state index contributed by atoms with van der Waals surface area (Å²) in [4.78, 5) is 4.81. The molecule has 0 unspecified atom stereocenters. The second-order valence-electron chi connectivity index (χ2n) is 6.45. The van der Waals surface area contributed by atoms with E-state index in [1.165, 1.54) is 36.9 Å². The van der Waals surface area contributed by atoms with Crippen LogP contribution < -0.4 is 10.6 Å². The molecule has 3 N–H and O–H groups in total. The Morgan fingerprint density at radius 1 is 1.36 bits per heavy atom. The summed E-state index contributed by atoms with van der Waals surface area (Å²) in [5.74, 6) is 0.964. The number of guanidine groups is 1. The summed E-state index contributed by atoms with van der Waals surface area (Å²) in [6.45, 7) is 9.29. The van der Waals surface area contributed by atoms with Crippen molar-refractivity contribution in [2.24, 2.45) is 10.4 Å². The number of H-pyrrole nitrogens is 1. The monoisotopic (exact) mass is 305 g/mol. The van der Waals surface area contributed by atoms with Crippen LogP contribution in [0.2, 0.25) is 0 Å². The zero-order valence-electron chi connectivity index (χ0n) is 14.3. The van der Waals surface area contributed by atoms with Gasteiger partial charge in [0.05, 0.1) is 6.20 Å². The first-order valence-corrected chi connectivity index (χ1v) is 8.70. The highest BCUT2D eigenvalue weighted by atomic mass is 15.2. The van der Waals surface area contributed by atoms with Crippen molar-refractivity contribution in [3.8, 4) is 0 Å². The van der Waals surface area contributed by atoms with Crippen molar-refractivity contribution in [3.63, 3.8) is 0 Å². The minimum atomic E-state index is 0.482. The van der Waals surface area contributed by atoms with Crippen LogP contribution in [-0.4, -0.2) is 35.8 Å².